The number of nitrogens with zero attached hydrogens (tertiary/aromatic N) is 3. The quantitative estimate of drug-likeness (QED) is 0.221. The monoisotopic (exact) mass is 548 g/mol. The van der Waals surface area contributed by atoms with E-state index in [4.69, 9.17) is 15.0 Å². The summed E-state index contributed by atoms with van der Waals surface area (Å²) in [5.74, 6) is 3.10. The van der Waals surface area contributed by atoms with Gasteiger partial charge in [-0.05, 0) is 69.9 Å². The van der Waals surface area contributed by atoms with Crippen LogP contribution >= 0.6 is 0 Å². The van der Waals surface area contributed by atoms with Gasteiger partial charge in [0.2, 0.25) is 0 Å². The number of nitrogens with one attached hydrogen (secondary N) is 1. The van der Waals surface area contributed by atoms with Gasteiger partial charge in [0, 0.05) is 23.5 Å². The molecule has 4 atom stereocenters. The van der Waals surface area contributed by atoms with Crippen LogP contribution in [0.25, 0.3) is 5.57 Å². The molecular formula is C37H48N4. The first-order chi connectivity index (χ1) is 19.8. The van der Waals surface area contributed by atoms with Crippen LogP contribution in [0.4, 0.5) is 0 Å². The van der Waals surface area contributed by atoms with Gasteiger partial charge in [-0.15, -0.1) is 0 Å². The molecule has 1 N–H and O–H groups in total. The molecule has 0 bridgehead atoms. The van der Waals surface area contributed by atoms with Crippen molar-refractivity contribution in [2.24, 2.45) is 11.3 Å². The van der Waals surface area contributed by atoms with Crippen LogP contribution in [0.1, 0.15) is 103 Å². The number of allylic oxidation sites excluding steroid dienone is 15. The predicted molar refractivity (Wildman–Crippen MR) is 174 cm³/mol. The topological polar surface area (TPSA) is 50.7 Å². The highest BCUT2D eigenvalue weighted by Gasteiger charge is 2.35. The summed E-state index contributed by atoms with van der Waals surface area (Å²) in [6.45, 7) is 13.3. The molecule has 3 aliphatic rings. The second-order valence-electron chi connectivity index (χ2n) is 12.1. The minimum absolute atomic E-state index is 0.0963. The van der Waals surface area contributed by atoms with Gasteiger partial charge in [0.05, 0.1) is 6.04 Å². The van der Waals surface area contributed by atoms with Crippen molar-refractivity contribution in [2.45, 2.75) is 91.5 Å². The Morgan fingerprint density at radius 1 is 1.05 bits per heavy atom. The molecule has 0 aliphatic heterocycles. The highest BCUT2D eigenvalue weighted by atomic mass is 15.0. The van der Waals surface area contributed by atoms with Crippen LogP contribution < -0.4 is 5.32 Å². The van der Waals surface area contributed by atoms with Crippen LogP contribution in [-0.4, -0.2) is 21.0 Å². The first-order valence-electron chi connectivity index (χ1n) is 15.3. The second-order valence-corrected chi connectivity index (χ2v) is 12.1. The van der Waals surface area contributed by atoms with E-state index in [1.165, 1.54) is 11.1 Å². The van der Waals surface area contributed by atoms with E-state index in [1.54, 1.807) is 0 Å². The molecule has 0 amide bonds. The largest absolute Gasteiger partial charge is 0.378 e. The number of hydrogen-bond donors (Lipinski definition) is 1. The first-order valence-corrected chi connectivity index (χ1v) is 15.3. The summed E-state index contributed by atoms with van der Waals surface area (Å²) in [4.78, 5) is 15.0. The third-order valence-corrected chi connectivity index (χ3v) is 8.42. The SMILES string of the molecule is C/C=C\C=C/[C@@H](C)c1nc(C2=CC=CCC2)nc([C@@H]2C=C(N[C@H]3C(C)=CC=CC3C(C)(C)CC/C=C\C)C=CC2)n1. The van der Waals surface area contributed by atoms with Crippen molar-refractivity contribution < 1.29 is 0 Å². The van der Waals surface area contributed by atoms with E-state index in [9.17, 15) is 0 Å². The normalized spacial score (nSPS) is 23.8. The van der Waals surface area contributed by atoms with E-state index in [-0.39, 0.29) is 23.3 Å². The maximum atomic E-state index is 5.05. The number of aromatic nitrogens is 3. The third-order valence-electron chi connectivity index (χ3n) is 8.42. The molecule has 0 fully saturated rings. The lowest BCUT2D eigenvalue weighted by Gasteiger charge is -2.41. The molecule has 4 heteroatoms. The summed E-state index contributed by atoms with van der Waals surface area (Å²) in [5, 5.41) is 3.93. The molecule has 4 nitrogen and oxygen atoms in total. The highest BCUT2D eigenvalue weighted by molar-refractivity contribution is 5.63. The minimum atomic E-state index is 0.0963. The van der Waals surface area contributed by atoms with Crippen molar-refractivity contribution in [2.75, 3.05) is 0 Å². The Hall–Kier alpha value is -3.53. The fourth-order valence-corrected chi connectivity index (χ4v) is 5.81. The molecule has 216 valence electrons. The van der Waals surface area contributed by atoms with Crippen LogP contribution in [0, 0.1) is 11.3 Å². The van der Waals surface area contributed by atoms with E-state index >= 15 is 0 Å². The zero-order valence-corrected chi connectivity index (χ0v) is 25.8. The van der Waals surface area contributed by atoms with E-state index in [0.29, 0.717) is 5.92 Å². The molecule has 3 aliphatic carbocycles. The zero-order chi connectivity index (χ0) is 29.2. The fraction of sp³-hybridized carbons (Fsp3) is 0.432. The zero-order valence-electron chi connectivity index (χ0n) is 25.8. The second kappa shape index (κ2) is 14.4. The van der Waals surface area contributed by atoms with Gasteiger partial charge in [0.15, 0.2) is 5.82 Å². The van der Waals surface area contributed by atoms with Crippen molar-refractivity contribution in [3.05, 3.63) is 120 Å². The molecule has 4 rings (SSSR count). The molecule has 0 saturated carbocycles. The van der Waals surface area contributed by atoms with Crippen LogP contribution in [0.15, 0.2) is 102 Å². The van der Waals surface area contributed by atoms with Gasteiger partial charge < -0.3 is 5.32 Å². The molecule has 1 unspecified atom stereocenters. The van der Waals surface area contributed by atoms with Gasteiger partial charge in [0.25, 0.3) is 0 Å². The van der Waals surface area contributed by atoms with Gasteiger partial charge in [-0.1, -0.05) is 111 Å². The number of hydrogen-bond acceptors (Lipinski definition) is 4. The van der Waals surface area contributed by atoms with Crippen LogP contribution in [0.5, 0.6) is 0 Å². The third kappa shape index (κ3) is 8.03. The van der Waals surface area contributed by atoms with Gasteiger partial charge in [-0.3, -0.25) is 0 Å². The molecule has 0 radical (unpaired) electrons. The van der Waals surface area contributed by atoms with Crippen molar-refractivity contribution in [3.63, 3.8) is 0 Å². The molecule has 0 spiro atoms. The molecule has 1 aromatic rings. The summed E-state index contributed by atoms with van der Waals surface area (Å²) in [6, 6.07) is 0.246. The van der Waals surface area contributed by atoms with Gasteiger partial charge >= 0.3 is 0 Å². The molecule has 0 aromatic carbocycles. The van der Waals surface area contributed by atoms with Gasteiger partial charge in [-0.25, -0.2) is 15.0 Å². The van der Waals surface area contributed by atoms with E-state index in [2.05, 4.69) is 119 Å². The first kappa shape index (κ1) is 30.4. The summed E-state index contributed by atoms with van der Waals surface area (Å²) < 4.78 is 0. The molecule has 0 saturated heterocycles. The molecular weight excluding hydrogens is 500 g/mol. The fourth-order valence-electron chi connectivity index (χ4n) is 5.81. The lowest BCUT2D eigenvalue weighted by molar-refractivity contribution is 0.206. The maximum Gasteiger partial charge on any atom is 0.159 e. The lowest BCUT2D eigenvalue weighted by atomic mass is 9.68. The lowest BCUT2D eigenvalue weighted by Crippen LogP contribution is -2.43. The van der Waals surface area contributed by atoms with Crippen LogP contribution in [-0.2, 0) is 0 Å². The van der Waals surface area contributed by atoms with E-state index < -0.39 is 0 Å². The summed E-state index contributed by atoms with van der Waals surface area (Å²) in [6.07, 6.45) is 38.0. The average molecular weight is 549 g/mol. The van der Waals surface area contributed by atoms with Gasteiger partial charge in [-0.2, -0.15) is 0 Å². The molecule has 1 aromatic heterocycles. The Kier molecular flexibility index (Phi) is 10.7. The van der Waals surface area contributed by atoms with E-state index in [0.717, 1.165) is 55.3 Å². The van der Waals surface area contributed by atoms with Crippen molar-refractivity contribution in [3.8, 4) is 0 Å². The summed E-state index contributed by atoms with van der Waals surface area (Å²) in [5.41, 5.74) is 3.87. The average Bonchev–Trinajstić information content (AvgIpc) is 2.98. The molecule has 1 heterocycles. The van der Waals surface area contributed by atoms with Crippen molar-refractivity contribution >= 4 is 5.57 Å². The van der Waals surface area contributed by atoms with Crippen LogP contribution in [0.2, 0.25) is 0 Å². The smallest absolute Gasteiger partial charge is 0.159 e. The van der Waals surface area contributed by atoms with Crippen LogP contribution in [0.3, 0.4) is 0 Å². The Bertz CT molecular complexity index is 1330. The number of rotatable bonds is 11. The standard InChI is InChI=1S/C37H48N4/c1-7-9-12-18-28(4)34-39-35(29-20-13-11-14-21-29)41-36(40-34)30-22-17-23-31(26-30)38-33-27(3)19-16-24-32(33)37(5,6)25-15-10-8-2/h7-13,16-20,23-24,26,28,30,32-33,38H,14-15,21-22,25H2,1-6H3/b9-7-,10-8-,18-12-/t28-,30+,32?,33+/m1/s1. The Morgan fingerprint density at radius 3 is 2.66 bits per heavy atom. The van der Waals surface area contributed by atoms with Gasteiger partial charge in [0.1, 0.15) is 11.6 Å². The molecule has 41 heavy (non-hydrogen) atoms. The Labute approximate surface area is 248 Å². The predicted octanol–water partition coefficient (Wildman–Crippen LogP) is 9.24. The Balaban J connectivity index is 1.63. The van der Waals surface area contributed by atoms with Crippen molar-refractivity contribution in [1.82, 2.24) is 20.3 Å². The summed E-state index contributed by atoms with van der Waals surface area (Å²) >= 11 is 0. The highest BCUT2D eigenvalue weighted by Crippen LogP contribution is 2.40. The summed E-state index contributed by atoms with van der Waals surface area (Å²) in [7, 11) is 0. The van der Waals surface area contributed by atoms with Crippen molar-refractivity contribution in [1.29, 1.82) is 0 Å². The maximum absolute atomic E-state index is 5.05. The van der Waals surface area contributed by atoms with E-state index in [1.807, 2.05) is 19.1 Å². The minimum Gasteiger partial charge on any atom is -0.378 e. The Morgan fingerprint density at radius 2 is 1.90 bits per heavy atom.